The molecule has 0 amide bonds. The van der Waals surface area contributed by atoms with Crippen LogP contribution < -0.4 is 0 Å². The molecule has 4 heteroatoms. The largest absolute Gasteiger partial charge is 0.350 e. The molecule has 0 aromatic rings. The zero-order valence-electron chi connectivity index (χ0n) is 15.7. The van der Waals surface area contributed by atoms with Crippen LogP contribution in [0, 0.1) is 0 Å². The van der Waals surface area contributed by atoms with Gasteiger partial charge in [0, 0.05) is 26.1 Å². The van der Waals surface area contributed by atoms with Crippen molar-refractivity contribution in [2.75, 3.05) is 33.2 Å². The van der Waals surface area contributed by atoms with Crippen LogP contribution in [0.1, 0.15) is 78.1 Å². The van der Waals surface area contributed by atoms with Crippen molar-refractivity contribution in [3.05, 3.63) is 0 Å². The molecule has 0 aromatic heterocycles. The predicted octanol–water partition coefficient (Wildman–Crippen LogP) is 6.61. The van der Waals surface area contributed by atoms with Gasteiger partial charge in [-0.1, -0.05) is 39.5 Å². The average molecular weight is 399 g/mol. The molecular weight excluding hydrogens is 359 g/mol. The summed E-state index contributed by atoms with van der Waals surface area (Å²) in [5, 5.41) is 0. The zero-order valence-corrected chi connectivity index (χ0v) is 18.3. The lowest BCUT2D eigenvalue weighted by molar-refractivity contribution is -0.246. The normalized spacial score (nSPS) is 18.3. The summed E-state index contributed by atoms with van der Waals surface area (Å²) in [6.07, 6.45) is 12.3. The number of rotatable bonds is 6. The number of hydrogen-bond acceptors (Lipinski definition) is 2. The Morgan fingerprint density at radius 3 is 1.36 bits per heavy atom. The van der Waals surface area contributed by atoms with E-state index >= 15 is 0 Å². The Hall–Kier alpha value is 0.830. The Bertz CT molecular complexity index is 202. The van der Waals surface area contributed by atoms with E-state index in [9.17, 15) is 0 Å². The lowest BCUT2D eigenvalue weighted by atomic mass is 10.0. The van der Waals surface area contributed by atoms with Crippen LogP contribution in [0.15, 0.2) is 0 Å². The van der Waals surface area contributed by atoms with E-state index in [-0.39, 0.29) is 22.8 Å². The van der Waals surface area contributed by atoms with Crippen LogP contribution in [0.4, 0.5) is 0 Å². The van der Waals surface area contributed by atoms with E-state index in [4.69, 9.17) is 9.47 Å². The van der Waals surface area contributed by atoms with Gasteiger partial charge >= 0.3 is 0 Å². The van der Waals surface area contributed by atoms with E-state index in [2.05, 4.69) is 33.8 Å². The molecule has 0 aromatic carbocycles. The molecule has 0 bridgehead atoms. The Balaban J connectivity index is 0. The van der Waals surface area contributed by atoms with Gasteiger partial charge in [-0.25, -0.2) is 0 Å². The van der Waals surface area contributed by atoms with Crippen molar-refractivity contribution in [1.29, 1.82) is 0 Å². The Labute approximate surface area is 151 Å². The molecule has 1 aliphatic rings. The highest BCUT2D eigenvalue weighted by Crippen LogP contribution is 2.30. The van der Waals surface area contributed by atoms with Crippen molar-refractivity contribution >= 4 is 24.9 Å². The first-order valence-corrected chi connectivity index (χ1v) is 11.6. The molecule has 1 rings (SSSR count). The summed E-state index contributed by atoms with van der Waals surface area (Å²) in [4.78, 5) is 0. The van der Waals surface area contributed by atoms with Crippen molar-refractivity contribution in [3.8, 4) is 0 Å². The summed E-state index contributed by atoms with van der Waals surface area (Å²) in [5.74, 6) is -0.254. The van der Waals surface area contributed by atoms with Gasteiger partial charge in [-0.05, 0) is 45.7 Å². The molecule has 0 aliphatic heterocycles. The van der Waals surface area contributed by atoms with Gasteiger partial charge in [-0.15, -0.1) is 24.9 Å². The Morgan fingerprint density at radius 2 is 1.05 bits per heavy atom. The Kier molecular flexibility index (Phi) is 19.0. The smallest absolute Gasteiger partial charge is 0.168 e. The average Bonchev–Trinajstić information content (AvgIpc) is 2.55. The second-order valence-corrected chi connectivity index (χ2v) is 9.25. The Morgan fingerprint density at radius 1 is 0.727 bits per heavy atom. The second-order valence-electron chi connectivity index (χ2n) is 6.57. The first-order valence-electron chi connectivity index (χ1n) is 8.95. The summed E-state index contributed by atoms with van der Waals surface area (Å²) < 4.78 is 12.2. The first kappa shape index (κ1) is 25.1. The molecule has 1 fully saturated rings. The van der Waals surface area contributed by atoms with Crippen LogP contribution in [0.5, 0.6) is 0 Å². The lowest BCUT2D eigenvalue weighted by Gasteiger charge is -2.34. The number of ether oxygens (including phenoxy) is 2. The first-order chi connectivity index (χ1) is 10.1. The molecule has 0 atom stereocenters. The highest BCUT2D eigenvalue weighted by Gasteiger charge is 2.31. The molecule has 136 valence electrons. The van der Waals surface area contributed by atoms with Gasteiger partial charge in [-0.2, -0.15) is 0 Å². The summed E-state index contributed by atoms with van der Waals surface area (Å²) in [5.41, 5.74) is 0. The second kappa shape index (κ2) is 16.7. The van der Waals surface area contributed by atoms with Gasteiger partial charge in [0.15, 0.2) is 5.79 Å². The quantitative estimate of drug-likeness (QED) is 0.370. The van der Waals surface area contributed by atoms with Gasteiger partial charge in [0.05, 0.1) is 0 Å². The maximum absolute atomic E-state index is 6.09. The maximum atomic E-state index is 6.09. The van der Waals surface area contributed by atoms with Crippen LogP contribution in [0.3, 0.4) is 0 Å². The maximum Gasteiger partial charge on any atom is 0.168 e. The molecule has 22 heavy (non-hydrogen) atoms. The molecule has 0 saturated heterocycles. The number of hydrogen-bond donors (Lipinski definition) is 0. The van der Waals surface area contributed by atoms with Crippen LogP contribution in [0.2, 0.25) is 0 Å². The SMILES string of the molecule is Br.CCCOC1(OCCC)CCCCCCCC1.CP(C)C. The van der Waals surface area contributed by atoms with Crippen molar-refractivity contribution in [3.63, 3.8) is 0 Å². The van der Waals surface area contributed by atoms with Crippen molar-refractivity contribution < 1.29 is 9.47 Å². The van der Waals surface area contributed by atoms with Crippen molar-refractivity contribution in [2.24, 2.45) is 0 Å². The zero-order chi connectivity index (χ0) is 16.0. The minimum absolute atomic E-state index is 0. The molecule has 0 N–H and O–H groups in total. The molecule has 0 unspecified atom stereocenters. The minimum atomic E-state index is -0.254. The molecule has 0 spiro atoms. The van der Waals surface area contributed by atoms with Crippen molar-refractivity contribution in [2.45, 2.75) is 83.8 Å². The monoisotopic (exact) mass is 398 g/mol. The van der Waals surface area contributed by atoms with Crippen molar-refractivity contribution in [1.82, 2.24) is 0 Å². The van der Waals surface area contributed by atoms with Gasteiger partial charge in [0.25, 0.3) is 0 Å². The lowest BCUT2D eigenvalue weighted by Crippen LogP contribution is -2.36. The van der Waals surface area contributed by atoms with E-state index in [1.54, 1.807) is 0 Å². The van der Waals surface area contributed by atoms with Crippen LogP contribution in [-0.4, -0.2) is 39.0 Å². The van der Waals surface area contributed by atoms with Crippen LogP contribution in [0.25, 0.3) is 0 Å². The molecular formula is C18H40BrO2P. The number of halogens is 1. The summed E-state index contributed by atoms with van der Waals surface area (Å²) in [6.45, 7) is 12.7. The summed E-state index contributed by atoms with van der Waals surface area (Å²) >= 11 is 0. The summed E-state index contributed by atoms with van der Waals surface area (Å²) in [7, 11) is 0.380. The summed E-state index contributed by atoms with van der Waals surface area (Å²) in [6, 6.07) is 0. The topological polar surface area (TPSA) is 18.5 Å². The van der Waals surface area contributed by atoms with E-state index < -0.39 is 0 Å². The standard InChI is InChI=1S/C15H30O2.C3H9P.BrH/c1-3-13-16-15(17-14-4-2)11-9-7-5-6-8-10-12-15;1-4(2)3;/h3-14H2,1-2H3;1-3H3;1H. The van der Waals surface area contributed by atoms with Gasteiger partial charge in [0.2, 0.25) is 0 Å². The van der Waals surface area contributed by atoms with Crippen LogP contribution in [-0.2, 0) is 9.47 Å². The minimum Gasteiger partial charge on any atom is -0.350 e. The fourth-order valence-electron chi connectivity index (χ4n) is 2.53. The third kappa shape index (κ3) is 14.4. The fraction of sp³-hybridized carbons (Fsp3) is 1.00. The molecule has 2 nitrogen and oxygen atoms in total. The third-order valence-corrected chi connectivity index (χ3v) is 3.50. The van der Waals surface area contributed by atoms with E-state index in [0.29, 0.717) is 7.92 Å². The molecule has 0 heterocycles. The molecule has 0 radical (unpaired) electrons. The van der Waals surface area contributed by atoms with Crippen LogP contribution >= 0.6 is 24.9 Å². The molecule has 1 saturated carbocycles. The third-order valence-electron chi connectivity index (χ3n) is 3.50. The van der Waals surface area contributed by atoms with Gasteiger partial charge < -0.3 is 9.47 Å². The van der Waals surface area contributed by atoms with E-state index in [1.165, 1.54) is 38.5 Å². The highest BCUT2D eigenvalue weighted by molar-refractivity contribution is 8.93. The fourth-order valence-corrected chi connectivity index (χ4v) is 2.53. The van der Waals surface area contributed by atoms with Gasteiger partial charge in [0.1, 0.15) is 0 Å². The van der Waals surface area contributed by atoms with E-state index in [1.807, 2.05) is 0 Å². The highest BCUT2D eigenvalue weighted by atomic mass is 79.9. The van der Waals surface area contributed by atoms with E-state index in [0.717, 1.165) is 38.9 Å². The predicted molar refractivity (Wildman–Crippen MR) is 107 cm³/mol. The molecule has 1 aliphatic carbocycles. The van der Waals surface area contributed by atoms with Gasteiger partial charge in [-0.3, -0.25) is 0 Å².